The number of benzene rings is 2. The third-order valence-corrected chi connectivity index (χ3v) is 4.02. The molecule has 1 atom stereocenters. The van der Waals surface area contributed by atoms with Gasteiger partial charge in [0, 0.05) is 36.8 Å². The molecular weight excluding hydrogens is 300 g/mol. The Hall–Kier alpha value is -2.59. The van der Waals surface area contributed by atoms with Gasteiger partial charge >= 0.3 is 0 Å². The van der Waals surface area contributed by atoms with Crippen LogP contribution in [0.5, 0.6) is 0 Å². The summed E-state index contributed by atoms with van der Waals surface area (Å²) >= 11 is 0. The Balaban J connectivity index is 1.93. The molecular formula is C20H22N2O2. The van der Waals surface area contributed by atoms with Gasteiger partial charge in [-0.25, -0.2) is 0 Å². The van der Waals surface area contributed by atoms with Gasteiger partial charge in [0.1, 0.15) is 0 Å². The lowest BCUT2D eigenvalue weighted by atomic mass is 10.1. The Morgan fingerprint density at radius 2 is 1.83 bits per heavy atom. The molecule has 1 amide bonds. The first-order chi connectivity index (χ1) is 11.7. The summed E-state index contributed by atoms with van der Waals surface area (Å²) < 4.78 is 7.22. The first-order valence-corrected chi connectivity index (χ1v) is 8.10. The fourth-order valence-electron chi connectivity index (χ4n) is 2.93. The number of aromatic nitrogens is 1. The van der Waals surface area contributed by atoms with Crippen LogP contribution < -0.4 is 5.32 Å². The average molecular weight is 322 g/mol. The Bertz CT molecular complexity index is 824. The van der Waals surface area contributed by atoms with Crippen molar-refractivity contribution < 1.29 is 9.53 Å². The van der Waals surface area contributed by atoms with Gasteiger partial charge in [0.25, 0.3) is 5.91 Å². The highest BCUT2D eigenvalue weighted by Gasteiger charge is 2.16. The maximum atomic E-state index is 12.6. The van der Waals surface area contributed by atoms with E-state index >= 15 is 0 Å². The molecule has 3 aromatic rings. The van der Waals surface area contributed by atoms with Crippen molar-refractivity contribution in [2.45, 2.75) is 19.5 Å². The first-order valence-electron chi connectivity index (χ1n) is 8.10. The van der Waals surface area contributed by atoms with E-state index in [2.05, 4.69) is 22.0 Å². The third-order valence-electron chi connectivity index (χ3n) is 4.02. The number of carbonyl (C=O) groups is 1. The minimum atomic E-state index is -0.0671. The Labute approximate surface area is 142 Å². The summed E-state index contributed by atoms with van der Waals surface area (Å²) in [5, 5.41) is 3.96. The highest BCUT2D eigenvalue weighted by molar-refractivity contribution is 6.07. The molecule has 3 rings (SSSR count). The molecule has 0 saturated carbocycles. The van der Waals surface area contributed by atoms with Crippen LogP contribution in [0.2, 0.25) is 0 Å². The van der Waals surface area contributed by atoms with E-state index in [0.717, 1.165) is 17.4 Å². The number of nitrogens with one attached hydrogen (secondary N) is 1. The molecule has 0 aliphatic carbocycles. The zero-order chi connectivity index (χ0) is 16.9. The van der Waals surface area contributed by atoms with Crippen molar-refractivity contribution in [2.75, 3.05) is 13.7 Å². The maximum Gasteiger partial charge on any atom is 0.253 e. The predicted octanol–water partition coefficient (Wildman–Crippen LogP) is 3.45. The fraction of sp³-hybridized carbons (Fsp3) is 0.250. The molecule has 0 unspecified atom stereocenters. The quantitative estimate of drug-likeness (QED) is 0.755. The van der Waals surface area contributed by atoms with Crippen LogP contribution in [-0.2, 0) is 11.3 Å². The minimum Gasteiger partial charge on any atom is -0.383 e. The third kappa shape index (κ3) is 3.49. The van der Waals surface area contributed by atoms with Crippen molar-refractivity contribution in [3.8, 4) is 0 Å². The Morgan fingerprint density at radius 1 is 1.12 bits per heavy atom. The maximum absolute atomic E-state index is 12.6. The van der Waals surface area contributed by atoms with Crippen molar-refractivity contribution in [2.24, 2.45) is 0 Å². The van der Waals surface area contributed by atoms with Crippen LogP contribution in [0, 0.1) is 0 Å². The minimum absolute atomic E-state index is 0.0289. The number of hydrogen-bond acceptors (Lipinski definition) is 2. The van der Waals surface area contributed by atoms with Gasteiger partial charge in [-0.15, -0.1) is 0 Å². The van der Waals surface area contributed by atoms with Crippen LogP contribution >= 0.6 is 0 Å². The van der Waals surface area contributed by atoms with Gasteiger partial charge in [-0.3, -0.25) is 4.79 Å². The zero-order valence-electron chi connectivity index (χ0n) is 14.0. The average Bonchev–Trinajstić information content (AvgIpc) is 2.95. The van der Waals surface area contributed by atoms with E-state index in [4.69, 9.17) is 4.74 Å². The summed E-state index contributed by atoms with van der Waals surface area (Å²) in [6.07, 6.45) is 1.94. The number of fused-ring (bicyclic) bond motifs is 1. The number of ether oxygens (including phenoxy) is 1. The van der Waals surface area contributed by atoms with Gasteiger partial charge in [-0.1, -0.05) is 48.5 Å². The lowest BCUT2D eigenvalue weighted by molar-refractivity contribution is 0.0907. The molecule has 0 aliphatic rings. The molecule has 1 aromatic heterocycles. The Morgan fingerprint density at radius 3 is 2.58 bits per heavy atom. The summed E-state index contributed by atoms with van der Waals surface area (Å²) in [5.74, 6) is -0.0671. The van der Waals surface area contributed by atoms with E-state index in [1.54, 1.807) is 7.11 Å². The van der Waals surface area contributed by atoms with Crippen LogP contribution in [0.4, 0.5) is 0 Å². The normalized spacial score (nSPS) is 12.2. The molecule has 4 heteroatoms. The predicted molar refractivity (Wildman–Crippen MR) is 96.3 cm³/mol. The molecule has 0 spiro atoms. The molecule has 4 nitrogen and oxygen atoms in total. The van der Waals surface area contributed by atoms with Crippen molar-refractivity contribution in [3.05, 3.63) is 71.9 Å². The van der Waals surface area contributed by atoms with E-state index in [1.807, 2.05) is 55.6 Å². The monoisotopic (exact) mass is 322 g/mol. The molecule has 0 radical (unpaired) electrons. The van der Waals surface area contributed by atoms with Crippen molar-refractivity contribution >= 4 is 16.8 Å². The van der Waals surface area contributed by atoms with Crippen molar-refractivity contribution in [3.63, 3.8) is 0 Å². The number of rotatable bonds is 6. The molecule has 24 heavy (non-hydrogen) atoms. The van der Waals surface area contributed by atoms with Crippen molar-refractivity contribution in [1.29, 1.82) is 0 Å². The summed E-state index contributed by atoms with van der Waals surface area (Å²) in [7, 11) is 1.63. The highest BCUT2D eigenvalue weighted by Crippen LogP contribution is 2.22. The number of hydrogen-bond donors (Lipinski definition) is 1. The molecule has 1 heterocycles. The van der Waals surface area contributed by atoms with Gasteiger partial charge < -0.3 is 14.6 Å². The second-order valence-corrected chi connectivity index (χ2v) is 6.00. The first kappa shape index (κ1) is 16.3. The van der Waals surface area contributed by atoms with Crippen molar-refractivity contribution in [1.82, 2.24) is 9.88 Å². The van der Waals surface area contributed by atoms with E-state index in [1.165, 1.54) is 5.56 Å². The lowest BCUT2D eigenvalue weighted by Crippen LogP contribution is -2.35. The van der Waals surface area contributed by atoms with E-state index in [9.17, 15) is 4.79 Å². The molecule has 0 aliphatic heterocycles. The van der Waals surface area contributed by atoms with Crippen LogP contribution in [0.25, 0.3) is 10.9 Å². The number of methoxy groups -OCH3 is 1. The van der Waals surface area contributed by atoms with Gasteiger partial charge in [0.15, 0.2) is 0 Å². The largest absolute Gasteiger partial charge is 0.383 e. The highest BCUT2D eigenvalue weighted by atomic mass is 16.5. The molecule has 1 N–H and O–H groups in total. The zero-order valence-corrected chi connectivity index (χ0v) is 14.0. The molecule has 2 aromatic carbocycles. The van der Waals surface area contributed by atoms with Crippen LogP contribution in [0.1, 0.15) is 22.8 Å². The Kier molecular flexibility index (Phi) is 4.96. The molecule has 0 fully saturated rings. The van der Waals surface area contributed by atoms with Gasteiger partial charge in [-0.05, 0) is 18.6 Å². The molecule has 0 bridgehead atoms. The van der Waals surface area contributed by atoms with E-state index < -0.39 is 0 Å². The standard InChI is InChI=1S/C20H22N2O2/c1-15(14-24-2)21-20(23)18-13-22(12-16-8-4-3-5-9-16)19-11-7-6-10-17(18)19/h3-11,13,15H,12,14H2,1-2H3,(H,21,23)/t15-/m1/s1. The topological polar surface area (TPSA) is 43.3 Å². The molecule has 0 saturated heterocycles. The van der Waals surface area contributed by atoms with E-state index in [0.29, 0.717) is 12.2 Å². The van der Waals surface area contributed by atoms with Gasteiger partial charge in [0.05, 0.1) is 12.2 Å². The summed E-state index contributed by atoms with van der Waals surface area (Å²) in [6.45, 7) is 3.17. The van der Waals surface area contributed by atoms with Crippen LogP contribution in [-0.4, -0.2) is 30.2 Å². The summed E-state index contributed by atoms with van der Waals surface area (Å²) in [6, 6.07) is 18.2. The number of amides is 1. The summed E-state index contributed by atoms with van der Waals surface area (Å²) in [4.78, 5) is 12.6. The number of para-hydroxylation sites is 1. The van der Waals surface area contributed by atoms with Crippen LogP contribution in [0.15, 0.2) is 60.8 Å². The summed E-state index contributed by atoms with van der Waals surface area (Å²) in [5.41, 5.74) is 2.97. The van der Waals surface area contributed by atoms with Crippen LogP contribution in [0.3, 0.4) is 0 Å². The lowest BCUT2D eigenvalue weighted by Gasteiger charge is -2.12. The van der Waals surface area contributed by atoms with Gasteiger partial charge in [0.2, 0.25) is 0 Å². The SMILES string of the molecule is COC[C@@H](C)NC(=O)c1cn(Cc2ccccc2)c2ccccc12. The molecule has 124 valence electrons. The van der Waals surface area contributed by atoms with E-state index in [-0.39, 0.29) is 11.9 Å². The second-order valence-electron chi connectivity index (χ2n) is 6.00. The fourth-order valence-corrected chi connectivity index (χ4v) is 2.93. The number of carbonyl (C=O) groups excluding carboxylic acids is 1. The van der Waals surface area contributed by atoms with Gasteiger partial charge in [-0.2, -0.15) is 0 Å². The number of nitrogens with zero attached hydrogens (tertiary/aromatic N) is 1. The smallest absolute Gasteiger partial charge is 0.253 e. The second kappa shape index (κ2) is 7.32.